The highest BCUT2D eigenvalue weighted by molar-refractivity contribution is 9.10. The van der Waals surface area contributed by atoms with Crippen molar-refractivity contribution in [3.05, 3.63) is 73.2 Å². The second-order valence-electron chi connectivity index (χ2n) is 6.26. The molecule has 4 aromatic rings. The molecule has 0 saturated heterocycles. The molecular weight excluding hydrogens is 438 g/mol. The highest BCUT2D eigenvalue weighted by Crippen LogP contribution is 2.28. The first-order valence-electron chi connectivity index (χ1n) is 8.44. The Kier molecular flexibility index (Phi) is 4.75. The van der Waals surface area contributed by atoms with Gasteiger partial charge in [-0.15, -0.1) is 11.3 Å². The summed E-state index contributed by atoms with van der Waals surface area (Å²) in [6, 6.07) is 13.5. The van der Waals surface area contributed by atoms with E-state index < -0.39 is 0 Å². The number of benzene rings is 1. The first-order valence-corrected chi connectivity index (χ1v) is 10.0. The number of allylic oxidation sites excluding steroid dienone is 1. The van der Waals surface area contributed by atoms with Gasteiger partial charge in [0.05, 0.1) is 11.0 Å². The standard InChI is InChI=1S/C21H14BrN3O2S/c1-11-12(2)28-21-18(11)20(26)24-19(25-21)14(10-23)9-16-7-8-17(27-16)13-3-5-15(22)6-4-13/h3-9H,1-2H3,(H,24,25,26). The molecule has 0 aliphatic carbocycles. The molecule has 0 fully saturated rings. The van der Waals surface area contributed by atoms with Gasteiger partial charge in [-0.1, -0.05) is 28.1 Å². The molecule has 0 spiro atoms. The summed E-state index contributed by atoms with van der Waals surface area (Å²) in [5.41, 5.74) is 1.85. The largest absolute Gasteiger partial charge is 0.457 e. The highest BCUT2D eigenvalue weighted by Gasteiger charge is 2.14. The quantitative estimate of drug-likeness (QED) is 0.405. The van der Waals surface area contributed by atoms with Crippen LogP contribution in [-0.4, -0.2) is 9.97 Å². The van der Waals surface area contributed by atoms with E-state index in [-0.39, 0.29) is 17.0 Å². The fourth-order valence-electron chi connectivity index (χ4n) is 2.88. The second kappa shape index (κ2) is 7.23. The minimum absolute atomic E-state index is 0.236. The fraction of sp³-hybridized carbons (Fsp3) is 0.0952. The predicted molar refractivity (Wildman–Crippen MR) is 115 cm³/mol. The van der Waals surface area contributed by atoms with Crippen LogP contribution in [-0.2, 0) is 0 Å². The SMILES string of the molecule is Cc1sc2nc(C(C#N)=Cc3ccc(-c4ccc(Br)cc4)o3)[nH]c(=O)c2c1C. The number of fused-ring (bicyclic) bond motifs is 1. The number of furan rings is 1. The van der Waals surface area contributed by atoms with Crippen molar-refractivity contribution in [2.45, 2.75) is 13.8 Å². The predicted octanol–water partition coefficient (Wildman–Crippen LogP) is 5.69. The van der Waals surface area contributed by atoms with E-state index in [0.717, 1.165) is 20.5 Å². The lowest BCUT2D eigenvalue weighted by atomic mass is 10.2. The third-order valence-electron chi connectivity index (χ3n) is 4.46. The minimum Gasteiger partial charge on any atom is -0.457 e. The molecule has 28 heavy (non-hydrogen) atoms. The van der Waals surface area contributed by atoms with Gasteiger partial charge in [0.2, 0.25) is 0 Å². The van der Waals surface area contributed by atoms with Crippen molar-refractivity contribution in [3.8, 4) is 17.4 Å². The van der Waals surface area contributed by atoms with Crippen LogP contribution in [0.3, 0.4) is 0 Å². The van der Waals surface area contributed by atoms with Crippen LogP contribution in [0.2, 0.25) is 0 Å². The lowest BCUT2D eigenvalue weighted by Crippen LogP contribution is -2.10. The number of nitrogens with one attached hydrogen (secondary N) is 1. The van der Waals surface area contributed by atoms with Gasteiger partial charge >= 0.3 is 0 Å². The number of hydrogen-bond acceptors (Lipinski definition) is 5. The average molecular weight is 452 g/mol. The molecule has 4 rings (SSSR count). The van der Waals surface area contributed by atoms with E-state index in [2.05, 4.69) is 32.0 Å². The molecule has 0 radical (unpaired) electrons. The van der Waals surface area contributed by atoms with Crippen molar-refractivity contribution in [1.29, 1.82) is 5.26 Å². The molecule has 0 atom stereocenters. The van der Waals surface area contributed by atoms with Gasteiger partial charge in [0.15, 0.2) is 5.82 Å². The molecule has 1 aromatic carbocycles. The Hall–Kier alpha value is -2.95. The molecule has 7 heteroatoms. The van der Waals surface area contributed by atoms with Gasteiger partial charge in [0.25, 0.3) is 5.56 Å². The number of hydrogen-bond donors (Lipinski definition) is 1. The molecule has 3 heterocycles. The summed E-state index contributed by atoms with van der Waals surface area (Å²) in [5, 5.41) is 10.2. The van der Waals surface area contributed by atoms with Gasteiger partial charge in [0, 0.05) is 21.0 Å². The zero-order chi connectivity index (χ0) is 19.8. The summed E-state index contributed by atoms with van der Waals surface area (Å²) >= 11 is 4.86. The van der Waals surface area contributed by atoms with Crippen LogP contribution >= 0.6 is 27.3 Å². The van der Waals surface area contributed by atoms with E-state index in [1.165, 1.54) is 11.3 Å². The van der Waals surface area contributed by atoms with Crippen LogP contribution in [0.15, 0.2) is 50.1 Å². The molecule has 0 amide bonds. The van der Waals surface area contributed by atoms with Crippen molar-refractivity contribution >= 4 is 49.1 Å². The molecule has 0 unspecified atom stereocenters. The van der Waals surface area contributed by atoms with Crippen LogP contribution < -0.4 is 5.56 Å². The number of nitrogens with zero attached hydrogens (tertiary/aromatic N) is 2. The number of aromatic amines is 1. The minimum atomic E-state index is -0.238. The third kappa shape index (κ3) is 3.33. The van der Waals surface area contributed by atoms with Crippen LogP contribution in [0.25, 0.3) is 33.2 Å². The molecule has 0 aliphatic heterocycles. The maximum absolute atomic E-state index is 12.5. The number of halogens is 1. The van der Waals surface area contributed by atoms with Gasteiger partial charge in [-0.05, 0) is 43.7 Å². The Morgan fingerprint density at radius 1 is 1.25 bits per heavy atom. The maximum Gasteiger partial charge on any atom is 0.260 e. The number of aryl methyl sites for hydroxylation is 2. The molecule has 138 valence electrons. The van der Waals surface area contributed by atoms with E-state index in [9.17, 15) is 10.1 Å². The van der Waals surface area contributed by atoms with Crippen LogP contribution in [0.1, 0.15) is 22.0 Å². The number of nitriles is 1. The maximum atomic E-state index is 12.5. The van der Waals surface area contributed by atoms with E-state index in [1.54, 1.807) is 12.1 Å². The van der Waals surface area contributed by atoms with Gasteiger partial charge in [-0.3, -0.25) is 4.79 Å². The van der Waals surface area contributed by atoms with Gasteiger partial charge < -0.3 is 9.40 Å². The normalized spacial score (nSPS) is 11.7. The molecule has 0 aliphatic rings. The van der Waals surface area contributed by atoms with Crippen LogP contribution in [0.4, 0.5) is 0 Å². The summed E-state index contributed by atoms with van der Waals surface area (Å²) in [7, 11) is 0. The zero-order valence-corrected chi connectivity index (χ0v) is 17.4. The average Bonchev–Trinajstić information content (AvgIpc) is 3.25. The molecule has 1 N–H and O–H groups in total. The number of rotatable bonds is 3. The Balaban J connectivity index is 1.74. The Bertz CT molecular complexity index is 1320. The van der Waals surface area contributed by atoms with Gasteiger partial charge in [-0.25, -0.2) is 4.98 Å². The fourth-order valence-corrected chi connectivity index (χ4v) is 4.17. The second-order valence-corrected chi connectivity index (χ2v) is 8.38. The topological polar surface area (TPSA) is 82.7 Å². The first-order chi connectivity index (χ1) is 13.5. The Labute approximate surface area is 173 Å². The smallest absolute Gasteiger partial charge is 0.260 e. The van der Waals surface area contributed by atoms with E-state index in [4.69, 9.17) is 4.42 Å². The number of H-pyrrole nitrogens is 1. The van der Waals surface area contributed by atoms with Gasteiger partial charge in [0.1, 0.15) is 22.4 Å². The zero-order valence-electron chi connectivity index (χ0n) is 15.0. The van der Waals surface area contributed by atoms with Gasteiger partial charge in [-0.2, -0.15) is 5.26 Å². The van der Waals surface area contributed by atoms with Crippen molar-refractivity contribution in [1.82, 2.24) is 9.97 Å². The van der Waals surface area contributed by atoms with E-state index in [1.807, 2.05) is 44.2 Å². The summed E-state index contributed by atoms with van der Waals surface area (Å²) in [5.74, 6) is 1.44. The first kappa shape index (κ1) is 18.4. The van der Waals surface area contributed by atoms with E-state index >= 15 is 0 Å². The Morgan fingerprint density at radius 3 is 2.71 bits per heavy atom. The van der Waals surface area contributed by atoms with Crippen molar-refractivity contribution in [3.63, 3.8) is 0 Å². The lowest BCUT2D eigenvalue weighted by Gasteiger charge is -1.99. The molecule has 0 bridgehead atoms. The molecule has 0 saturated carbocycles. The van der Waals surface area contributed by atoms with E-state index in [0.29, 0.717) is 21.7 Å². The van der Waals surface area contributed by atoms with Crippen molar-refractivity contribution in [2.24, 2.45) is 0 Å². The Morgan fingerprint density at radius 2 is 2.00 bits per heavy atom. The van der Waals surface area contributed by atoms with Crippen LogP contribution in [0, 0.1) is 25.2 Å². The lowest BCUT2D eigenvalue weighted by molar-refractivity contribution is 0.572. The summed E-state index contributed by atoms with van der Waals surface area (Å²) < 4.78 is 6.83. The monoisotopic (exact) mass is 451 g/mol. The number of aromatic nitrogens is 2. The highest BCUT2D eigenvalue weighted by atomic mass is 79.9. The number of thiophene rings is 1. The summed E-state index contributed by atoms with van der Waals surface area (Å²) in [4.78, 5) is 21.3. The summed E-state index contributed by atoms with van der Waals surface area (Å²) in [6.07, 6.45) is 1.58. The molecule has 3 aromatic heterocycles. The van der Waals surface area contributed by atoms with Crippen LogP contribution in [0.5, 0.6) is 0 Å². The summed E-state index contributed by atoms with van der Waals surface area (Å²) in [6.45, 7) is 3.85. The molecule has 5 nitrogen and oxygen atoms in total. The molecular formula is C21H14BrN3O2S. The van der Waals surface area contributed by atoms with Crippen molar-refractivity contribution < 1.29 is 4.42 Å². The third-order valence-corrected chi connectivity index (χ3v) is 6.09. The van der Waals surface area contributed by atoms with Crippen molar-refractivity contribution in [2.75, 3.05) is 0 Å².